The fourth-order valence-electron chi connectivity index (χ4n) is 2.39. The molecule has 1 heterocycles. The molecule has 1 aromatic heterocycles. The molecule has 8 nitrogen and oxygen atoms in total. The molecule has 0 aliphatic carbocycles. The van der Waals surface area contributed by atoms with E-state index in [4.69, 9.17) is 9.47 Å². The maximum absolute atomic E-state index is 12.8. The Bertz CT molecular complexity index is 885. The highest BCUT2D eigenvalue weighted by Gasteiger charge is 2.21. The molecular weight excluding hydrogens is 368 g/mol. The van der Waals surface area contributed by atoms with Crippen molar-refractivity contribution in [2.45, 2.75) is 32.2 Å². The first-order valence-corrected chi connectivity index (χ1v) is 10.2. The minimum absolute atomic E-state index is 0.0242. The van der Waals surface area contributed by atoms with E-state index in [9.17, 15) is 8.42 Å². The summed E-state index contributed by atoms with van der Waals surface area (Å²) in [6.45, 7) is 6.28. The van der Waals surface area contributed by atoms with Crippen LogP contribution in [0, 0.1) is 6.92 Å². The van der Waals surface area contributed by atoms with Crippen LogP contribution >= 0.6 is 0 Å². The summed E-state index contributed by atoms with van der Waals surface area (Å²) in [5.74, 6) is 1.91. The van der Waals surface area contributed by atoms with Gasteiger partial charge in [-0.1, -0.05) is 0 Å². The summed E-state index contributed by atoms with van der Waals surface area (Å²) >= 11 is 0. The quantitative estimate of drug-likeness (QED) is 0.696. The van der Waals surface area contributed by atoms with Crippen molar-refractivity contribution < 1.29 is 17.9 Å². The highest BCUT2D eigenvalue weighted by molar-refractivity contribution is 7.89. The number of benzene rings is 1. The lowest BCUT2D eigenvalue weighted by atomic mass is 10.3. The van der Waals surface area contributed by atoms with Crippen molar-refractivity contribution in [3.05, 3.63) is 35.8 Å². The Balaban J connectivity index is 2.26. The van der Waals surface area contributed by atoms with Crippen LogP contribution in [0.3, 0.4) is 0 Å². The van der Waals surface area contributed by atoms with E-state index in [1.54, 1.807) is 19.1 Å². The minimum atomic E-state index is -3.81. The van der Waals surface area contributed by atoms with Gasteiger partial charge in [0.05, 0.1) is 19.8 Å². The zero-order valence-corrected chi connectivity index (χ0v) is 17.1. The van der Waals surface area contributed by atoms with Gasteiger partial charge in [0.1, 0.15) is 28.0 Å². The van der Waals surface area contributed by atoms with Crippen molar-refractivity contribution in [2.24, 2.45) is 0 Å². The topological polar surface area (TPSA) is 93.7 Å². The number of sulfonamides is 1. The third kappa shape index (κ3) is 5.54. The van der Waals surface area contributed by atoms with Crippen molar-refractivity contribution in [1.82, 2.24) is 14.7 Å². The molecule has 27 heavy (non-hydrogen) atoms. The molecule has 148 valence electrons. The number of aromatic nitrogens is 2. The van der Waals surface area contributed by atoms with Crippen LogP contribution in [0.1, 0.15) is 25.4 Å². The maximum Gasteiger partial charge on any atom is 0.244 e. The lowest BCUT2D eigenvalue weighted by Gasteiger charge is -2.15. The summed E-state index contributed by atoms with van der Waals surface area (Å²) in [4.78, 5) is 10.5. The lowest BCUT2D eigenvalue weighted by Crippen LogP contribution is -2.25. The highest BCUT2D eigenvalue weighted by Crippen LogP contribution is 2.29. The number of nitrogens with zero attached hydrogens (tertiary/aromatic N) is 3. The van der Waals surface area contributed by atoms with Crippen molar-refractivity contribution in [2.75, 3.05) is 32.2 Å². The van der Waals surface area contributed by atoms with Crippen LogP contribution in [0.2, 0.25) is 0 Å². The SMILES string of the molecule is CCOc1ccc(S(=O)(=O)NCc2nc(C)cc(N(C)C)n2)c(OCC)c1. The highest BCUT2D eigenvalue weighted by atomic mass is 32.2. The summed E-state index contributed by atoms with van der Waals surface area (Å²) in [6.07, 6.45) is 0. The van der Waals surface area contributed by atoms with E-state index in [-0.39, 0.29) is 17.2 Å². The molecule has 2 aromatic rings. The van der Waals surface area contributed by atoms with Gasteiger partial charge in [-0.2, -0.15) is 0 Å². The zero-order valence-electron chi connectivity index (χ0n) is 16.3. The largest absolute Gasteiger partial charge is 0.494 e. The van der Waals surface area contributed by atoms with Crippen LogP contribution in [-0.4, -0.2) is 45.7 Å². The van der Waals surface area contributed by atoms with Gasteiger partial charge in [-0.05, 0) is 32.9 Å². The van der Waals surface area contributed by atoms with Gasteiger partial charge in [-0.25, -0.2) is 23.1 Å². The van der Waals surface area contributed by atoms with E-state index in [2.05, 4.69) is 14.7 Å². The first-order valence-electron chi connectivity index (χ1n) is 8.68. The molecule has 9 heteroatoms. The van der Waals surface area contributed by atoms with Crippen LogP contribution in [0.15, 0.2) is 29.2 Å². The van der Waals surface area contributed by atoms with Gasteiger partial charge in [-0.3, -0.25) is 0 Å². The molecule has 0 aliphatic heterocycles. The zero-order chi connectivity index (χ0) is 20.0. The first kappa shape index (κ1) is 20.9. The normalized spacial score (nSPS) is 11.3. The second kappa shape index (κ2) is 9.01. The number of hydrogen-bond acceptors (Lipinski definition) is 7. The predicted molar refractivity (Wildman–Crippen MR) is 104 cm³/mol. The average Bonchev–Trinajstić information content (AvgIpc) is 2.60. The van der Waals surface area contributed by atoms with Crippen molar-refractivity contribution in [1.29, 1.82) is 0 Å². The molecule has 0 amide bonds. The third-order valence-electron chi connectivity index (χ3n) is 3.58. The first-order chi connectivity index (χ1) is 12.8. The van der Waals surface area contributed by atoms with E-state index in [1.807, 2.05) is 38.9 Å². The number of aryl methyl sites for hydroxylation is 1. The smallest absolute Gasteiger partial charge is 0.244 e. The lowest BCUT2D eigenvalue weighted by molar-refractivity contribution is 0.317. The van der Waals surface area contributed by atoms with Gasteiger partial charge in [0.25, 0.3) is 0 Å². The average molecular weight is 394 g/mol. The molecule has 0 saturated heterocycles. The number of nitrogens with one attached hydrogen (secondary N) is 1. The Morgan fingerprint density at radius 3 is 2.41 bits per heavy atom. The van der Waals surface area contributed by atoms with Crippen molar-refractivity contribution in [3.8, 4) is 11.5 Å². The van der Waals surface area contributed by atoms with Crippen molar-refractivity contribution >= 4 is 15.8 Å². The van der Waals surface area contributed by atoms with Crippen LogP contribution in [0.25, 0.3) is 0 Å². The number of ether oxygens (including phenoxy) is 2. The summed E-state index contributed by atoms with van der Waals surface area (Å²) < 4.78 is 39.0. The molecule has 0 atom stereocenters. The monoisotopic (exact) mass is 394 g/mol. The Morgan fingerprint density at radius 1 is 1.07 bits per heavy atom. The number of rotatable bonds is 9. The molecule has 0 radical (unpaired) electrons. The van der Waals surface area contributed by atoms with Gasteiger partial charge in [0.2, 0.25) is 10.0 Å². The van der Waals surface area contributed by atoms with Gasteiger partial charge in [0, 0.05) is 31.9 Å². The van der Waals surface area contributed by atoms with Crippen LogP contribution in [0.4, 0.5) is 5.82 Å². The minimum Gasteiger partial charge on any atom is -0.494 e. The summed E-state index contributed by atoms with van der Waals surface area (Å²) in [7, 11) is -0.0829. The van der Waals surface area contributed by atoms with Gasteiger partial charge < -0.3 is 14.4 Å². The number of hydrogen-bond donors (Lipinski definition) is 1. The fourth-order valence-corrected chi connectivity index (χ4v) is 3.50. The molecule has 1 N–H and O–H groups in total. The van der Waals surface area contributed by atoms with E-state index in [0.717, 1.165) is 5.69 Å². The van der Waals surface area contributed by atoms with E-state index >= 15 is 0 Å². The molecule has 0 aliphatic rings. The van der Waals surface area contributed by atoms with E-state index in [0.29, 0.717) is 30.6 Å². The Kier molecular flexibility index (Phi) is 6.98. The van der Waals surface area contributed by atoms with Crippen molar-refractivity contribution in [3.63, 3.8) is 0 Å². The van der Waals surface area contributed by atoms with Crippen LogP contribution in [-0.2, 0) is 16.6 Å². The second-order valence-electron chi connectivity index (χ2n) is 5.98. The molecule has 0 bridgehead atoms. The molecular formula is C18H26N4O4S. The van der Waals surface area contributed by atoms with E-state index < -0.39 is 10.0 Å². The maximum atomic E-state index is 12.8. The summed E-state index contributed by atoms with van der Waals surface area (Å²) in [5, 5.41) is 0. The van der Waals surface area contributed by atoms with Crippen LogP contribution < -0.4 is 19.1 Å². The molecule has 0 fully saturated rings. The predicted octanol–water partition coefficient (Wildman–Crippen LogP) is 2.13. The third-order valence-corrected chi connectivity index (χ3v) is 5.02. The van der Waals surface area contributed by atoms with Gasteiger partial charge in [0.15, 0.2) is 0 Å². The Labute approximate surface area is 160 Å². The van der Waals surface area contributed by atoms with E-state index in [1.165, 1.54) is 6.07 Å². The van der Waals surface area contributed by atoms with Crippen LogP contribution in [0.5, 0.6) is 11.5 Å². The molecule has 0 spiro atoms. The fraction of sp³-hybridized carbons (Fsp3) is 0.444. The second-order valence-corrected chi connectivity index (χ2v) is 7.71. The summed E-state index contributed by atoms with van der Waals surface area (Å²) in [5.41, 5.74) is 0.763. The molecule has 0 saturated carbocycles. The van der Waals surface area contributed by atoms with Gasteiger partial charge >= 0.3 is 0 Å². The van der Waals surface area contributed by atoms with Gasteiger partial charge in [-0.15, -0.1) is 0 Å². The molecule has 2 rings (SSSR count). The standard InChI is InChI=1S/C18H26N4O4S/c1-6-25-14-8-9-16(15(11-14)26-7-2)27(23,24)19-12-17-20-13(3)10-18(21-17)22(4)5/h8-11,19H,6-7,12H2,1-5H3. The summed E-state index contributed by atoms with van der Waals surface area (Å²) in [6, 6.07) is 6.49. The Hall–Kier alpha value is -2.39. The number of anilines is 1. The Morgan fingerprint density at radius 2 is 1.78 bits per heavy atom. The molecule has 1 aromatic carbocycles. The molecule has 0 unspecified atom stereocenters.